The van der Waals surface area contributed by atoms with Crippen LogP contribution in [-0.2, 0) is 10.5 Å². The molecule has 1 amide bonds. The highest BCUT2D eigenvalue weighted by Crippen LogP contribution is 2.44. The Morgan fingerprint density at radius 1 is 1.10 bits per heavy atom. The maximum absolute atomic E-state index is 13.8. The lowest BCUT2D eigenvalue weighted by molar-refractivity contribution is -0.117. The van der Waals surface area contributed by atoms with E-state index < -0.39 is 23.5 Å². The zero-order valence-corrected chi connectivity index (χ0v) is 24.5. The van der Waals surface area contributed by atoms with E-state index in [4.69, 9.17) is 4.74 Å². The summed E-state index contributed by atoms with van der Waals surface area (Å²) in [4.78, 5) is 33.4. The molecular formula is C29H26N4O4S3. The Morgan fingerprint density at radius 2 is 1.82 bits per heavy atom. The molecule has 1 atom stereocenters. The zero-order valence-electron chi connectivity index (χ0n) is 22.1. The first-order valence-electron chi connectivity index (χ1n) is 12.4. The first-order valence-corrected chi connectivity index (χ1v) is 15.0. The van der Waals surface area contributed by atoms with Gasteiger partial charge < -0.3 is 9.84 Å². The number of carbonyl (C=O) groups excluding carboxylic acids is 2. The molecule has 0 saturated carbocycles. The molecule has 1 aliphatic rings. The molecule has 11 heteroatoms. The minimum absolute atomic E-state index is 0.0134. The van der Waals surface area contributed by atoms with Gasteiger partial charge in [-0.05, 0) is 44.0 Å². The third kappa shape index (κ3) is 5.58. The number of ether oxygens (including phenoxy) is 1. The van der Waals surface area contributed by atoms with Gasteiger partial charge in [0.25, 0.3) is 5.91 Å². The van der Waals surface area contributed by atoms with E-state index in [1.807, 2.05) is 13.8 Å². The third-order valence-corrected chi connectivity index (χ3v) is 9.41. The molecule has 0 bridgehead atoms. The molecule has 1 aliphatic heterocycles. The Balaban J connectivity index is 1.49. The number of thioether (sulfide) groups is 1. The van der Waals surface area contributed by atoms with Gasteiger partial charge in [0.15, 0.2) is 10.1 Å². The highest BCUT2D eigenvalue weighted by atomic mass is 32.2. The quantitative estimate of drug-likeness (QED) is 0.0958. The van der Waals surface area contributed by atoms with Crippen molar-refractivity contribution in [3.05, 3.63) is 105 Å². The molecule has 0 aliphatic carbocycles. The van der Waals surface area contributed by atoms with Gasteiger partial charge in [-0.25, -0.2) is 4.98 Å². The number of thiazole rings is 1. The number of anilines is 1. The van der Waals surface area contributed by atoms with E-state index in [1.54, 1.807) is 37.3 Å². The summed E-state index contributed by atoms with van der Waals surface area (Å²) in [5.74, 6) is -0.440. The van der Waals surface area contributed by atoms with Crippen LogP contribution in [0.5, 0.6) is 5.75 Å². The number of hydrogen-bond donors (Lipinski definition) is 1. The van der Waals surface area contributed by atoms with Crippen LogP contribution in [0.15, 0.2) is 76.9 Å². The normalized spacial score (nSPS) is 15.1. The Labute approximate surface area is 244 Å². The van der Waals surface area contributed by atoms with Crippen LogP contribution in [0.3, 0.4) is 0 Å². The maximum atomic E-state index is 13.8. The van der Waals surface area contributed by atoms with Gasteiger partial charge in [-0.1, -0.05) is 77.7 Å². The number of aromatic nitrogens is 3. The second-order valence-corrected chi connectivity index (χ2v) is 12.5. The fraction of sp³-hybridized carbons (Fsp3) is 0.207. The average molecular weight is 591 g/mol. The van der Waals surface area contributed by atoms with Gasteiger partial charge in [-0.2, -0.15) is 0 Å². The van der Waals surface area contributed by atoms with E-state index in [9.17, 15) is 14.7 Å². The van der Waals surface area contributed by atoms with Gasteiger partial charge in [-0.15, -0.1) is 21.5 Å². The van der Waals surface area contributed by atoms with E-state index in [0.29, 0.717) is 43.7 Å². The monoisotopic (exact) mass is 590 g/mol. The molecule has 5 rings (SSSR count). The van der Waals surface area contributed by atoms with Crippen LogP contribution >= 0.6 is 34.4 Å². The summed E-state index contributed by atoms with van der Waals surface area (Å²) in [6.45, 7) is 9.60. The van der Waals surface area contributed by atoms with Crippen LogP contribution in [0.25, 0.3) is 0 Å². The van der Waals surface area contributed by atoms with Crippen molar-refractivity contribution in [2.75, 3.05) is 11.5 Å². The molecular weight excluding hydrogens is 565 g/mol. The smallest absolute Gasteiger partial charge is 0.296 e. The van der Waals surface area contributed by atoms with Crippen LogP contribution in [0.4, 0.5) is 5.13 Å². The second kappa shape index (κ2) is 11.7. The minimum atomic E-state index is -0.904. The number of aliphatic hydroxyl groups excluding tert-OH is 1. The predicted octanol–water partition coefficient (Wildman–Crippen LogP) is 6.56. The van der Waals surface area contributed by atoms with Crippen molar-refractivity contribution in [2.24, 2.45) is 0 Å². The zero-order chi connectivity index (χ0) is 28.4. The number of amides is 1. The molecule has 2 aromatic heterocycles. The van der Waals surface area contributed by atoms with Gasteiger partial charge in [0.05, 0.1) is 27.2 Å². The number of carbonyl (C=O) groups is 2. The van der Waals surface area contributed by atoms with E-state index in [0.717, 1.165) is 10.6 Å². The Hall–Kier alpha value is -3.80. The van der Waals surface area contributed by atoms with Gasteiger partial charge in [0.1, 0.15) is 12.4 Å². The van der Waals surface area contributed by atoms with E-state index in [1.165, 1.54) is 44.9 Å². The Kier molecular flexibility index (Phi) is 8.15. The van der Waals surface area contributed by atoms with Gasteiger partial charge in [-0.3, -0.25) is 14.5 Å². The predicted molar refractivity (Wildman–Crippen MR) is 159 cm³/mol. The molecule has 3 heterocycles. The maximum Gasteiger partial charge on any atom is 0.296 e. The second-order valence-electron chi connectivity index (χ2n) is 9.11. The molecule has 0 saturated heterocycles. The Morgan fingerprint density at radius 3 is 2.48 bits per heavy atom. The fourth-order valence-electron chi connectivity index (χ4n) is 4.30. The molecule has 1 N–H and O–H groups in total. The summed E-state index contributed by atoms with van der Waals surface area (Å²) in [5, 5.41) is 20.7. The first kappa shape index (κ1) is 27.8. The summed E-state index contributed by atoms with van der Waals surface area (Å²) >= 11 is 3.98. The fourth-order valence-corrected chi connectivity index (χ4v) is 7.00. The standard InChI is InChI=1S/C29H26N4O4S3/c1-5-14-37-21-12-10-20(11-13-21)23-22(24(34)26-17(3)30-18(4)39-26)25(35)27(36)33(23)28-31-32-29(40-28)38-15-19-8-6-16(2)7-9-19/h5-13,23,35H,1,14-15H2,2-4H3. The molecule has 204 valence electrons. The SMILES string of the molecule is C=CCOc1ccc(C2C(C(=O)c3sc(C)nc3C)=C(O)C(=O)N2c2nnc(SCc3ccc(C)cc3)s2)cc1. The molecule has 4 aromatic rings. The summed E-state index contributed by atoms with van der Waals surface area (Å²) in [6, 6.07) is 14.4. The molecule has 0 fully saturated rings. The van der Waals surface area contributed by atoms with Crippen molar-refractivity contribution >= 4 is 51.3 Å². The number of nitrogens with zero attached hydrogens (tertiary/aromatic N) is 4. The molecule has 2 aromatic carbocycles. The van der Waals surface area contributed by atoms with Crippen molar-refractivity contribution in [3.63, 3.8) is 0 Å². The van der Waals surface area contributed by atoms with E-state index >= 15 is 0 Å². The lowest BCUT2D eigenvalue weighted by Gasteiger charge is -2.24. The Bertz CT molecular complexity index is 1610. The number of aryl methyl sites for hydroxylation is 3. The summed E-state index contributed by atoms with van der Waals surface area (Å²) in [7, 11) is 0. The number of aliphatic hydroxyl groups is 1. The highest BCUT2D eigenvalue weighted by Gasteiger charge is 2.46. The molecule has 0 spiro atoms. The molecule has 1 unspecified atom stereocenters. The first-order chi connectivity index (χ1) is 19.3. The van der Waals surface area contributed by atoms with Crippen molar-refractivity contribution in [2.45, 2.75) is 36.9 Å². The molecule has 40 heavy (non-hydrogen) atoms. The van der Waals surface area contributed by atoms with Crippen molar-refractivity contribution < 1.29 is 19.4 Å². The minimum Gasteiger partial charge on any atom is -0.503 e. The lowest BCUT2D eigenvalue weighted by atomic mass is 9.95. The van der Waals surface area contributed by atoms with Crippen LogP contribution in [0.1, 0.15) is 43.1 Å². The summed E-state index contributed by atoms with van der Waals surface area (Å²) in [6.07, 6.45) is 1.64. The van der Waals surface area contributed by atoms with Gasteiger partial charge in [0, 0.05) is 5.75 Å². The number of ketones is 1. The highest BCUT2D eigenvalue weighted by molar-refractivity contribution is 8.00. The summed E-state index contributed by atoms with van der Waals surface area (Å²) < 4.78 is 6.28. The van der Waals surface area contributed by atoms with Gasteiger partial charge in [0.2, 0.25) is 10.9 Å². The van der Waals surface area contributed by atoms with Crippen molar-refractivity contribution in [3.8, 4) is 5.75 Å². The average Bonchev–Trinajstić information content (AvgIpc) is 3.62. The number of Topliss-reactive ketones (excluding diaryl/α,β-unsaturated/α-hetero) is 1. The topological polar surface area (TPSA) is 106 Å². The molecule has 0 radical (unpaired) electrons. The third-order valence-electron chi connectivity index (χ3n) is 6.21. The van der Waals surface area contributed by atoms with Crippen LogP contribution < -0.4 is 9.64 Å². The largest absolute Gasteiger partial charge is 0.503 e. The number of hydrogen-bond acceptors (Lipinski definition) is 10. The van der Waals surface area contributed by atoms with Crippen LogP contribution in [-0.4, -0.2) is 38.6 Å². The van der Waals surface area contributed by atoms with Gasteiger partial charge >= 0.3 is 0 Å². The van der Waals surface area contributed by atoms with Crippen LogP contribution in [0, 0.1) is 20.8 Å². The lowest BCUT2D eigenvalue weighted by Crippen LogP contribution is -2.31. The summed E-state index contributed by atoms with van der Waals surface area (Å²) in [5.41, 5.74) is 3.49. The van der Waals surface area contributed by atoms with E-state index in [-0.39, 0.29) is 5.57 Å². The van der Waals surface area contributed by atoms with E-state index in [2.05, 4.69) is 46.0 Å². The van der Waals surface area contributed by atoms with Crippen molar-refractivity contribution in [1.29, 1.82) is 0 Å². The number of rotatable bonds is 10. The van der Waals surface area contributed by atoms with Crippen molar-refractivity contribution in [1.82, 2.24) is 15.2 Å². The number of benzene rings is 2. The van der Waals surface area contributed by atoms with Crippen LogP contribution in [0.2, 0.25) is 0 Å². The molecule has 8 nitrogen and oxygen atoms in total.